The summed E-state index contributed by atoms with van der Waals surface area (Å²) in [6.45, 7) is 11.2. The van der Waals surface area contributed by atoms with E-state index in [-0.39, 0.29) is 17.5 Å². The van der Waals surface area contributed by atoms with Crippen LogP contribution in [-0.4, -0.2) is 34.7 Å². The Morgan fingerprint density at radius 1 is 1.21 bits per heavy atom. The summed E-state index contributed by atoms with van der Waals surface area (Å²) in [5.41, 5.74) is 3.79. The lowest BCUT2D eigenvalue weighted by molar-refractivity contribution is -0.140. The molecule has 1 aliphatic heterocycles. The Kier molecular flexibility index (Phi) is 7.16. The van der Waals surface area contributed by atoms with Crippen LogP contribution in [0.2, 0.25) is 0 Å². The minimum Gasteiger partial charge on any atom is -0.469 e. The maximum absolute atomic E-state index is 12.8. The molecular weight excluding hydrogens is 390 g/mol. The first-order valence-electron chi connectivity index (χ1n) is 9.64. The van der Waals surface area contributed by atoms with Crippen molar-refractivity contribution in [1.82, 2.24) is 4.98 Å². The summed E-state index contributed by atoms with van der Waals surface area (Å²) in [5, 5.41) is 0.0683. The molecule has 6 nitrogen and oxygen atoms in total. The van der Waals surface area contributed by atoms with Crippen LogP contribution < -0.4 is 0 Å². The standard InChI is InChI=1S/C22H29NO5S/c1-8-14-13(3)17(29-21(14)26)11-16-12(2)15(9-10-18(24)27-7)19(23-16)20(25)28-22(4,5)6/h11,23H,8-10H2,1-7H3/b17-11-. The second-order valence-electron chi connectivity index (χ2n) is 7.95. The van der Waals surface area contributed by atoms with Crippen LogP contribution in [0.4, 0.5) is 0 Å². The molecule has 2 rings (SSSR count). The van der Waals surface area contributed by atoms with Crippen molar-refractivity contribution in [1.29, 1.82) is 0 Å². The van der Waals surface area contributed by atoms with Gasteiger partial charge in [-0.3, -0.25) is 9.59 Å². The highest BCUT2D eigenvalue weighted by Crippen LogP contribution is 2.40. The van der Waals surface area contributed by atoms with Gasteiger partial charge in [0.15, 0.2) is 0 Å². The molecule has 2 heterocycles. The summed E-state index contributed by atoms with van der Waals surface area (Å²) in [7, 11) is 1.34. The van der Waals surface area contributed by atoms with Crippen LogP contribution in [0.25, 0.3) is 6.08 Å². The molecule has 0 radical (unpaired) electrons. The predicted octanol–water partition coefficient (Wildman–Crippen LogP) is 4.72. The van der Waals surface area contributed by atoms with Gasteiger partial charge in [-0.25, -0.2) is 4.79 Å². The number of aromatic amines is 1. The number of hydrogen-bond acceptors (Lipinski definition) is 6. The van der Waals surface area contributed by atoms with E-state index in [0.29, 0.717) is 18.5 Å². The highest BCUT2D eigenvalue weighted by atomic mass is 32.2. The fraction of sp³-hybridized carbons (Fsp3) is 0.500. The number of allylic oxidation sites excluding steroid dienone is 1. The summed E-state index contributed by atoms with van der Waals surface area (Å²) in [6, 6.07) is 0. The lowest BCUT2D eigenvalue weighted by Crippen LogP contribution is -2.24. The number of esters is 2. The van der Waals surface area contributed by atoms with E-state index < -0.39 is 11.6 Å². The molecule has 0 fully saturated rings. The van der Waals surface area contributed by atoms with Crippen molar-refractivity contribution in [3.05, 3.63) is 38.6 Å². The van der Waals surface area contributed by atoms with Gasteiger partial charge in [0.05, 0.1) is 7.11 Å². The van der Waals surface area contributed by atoms with Gasteiger partial charge in [0.25, 0.3) is 0 Å². The van der Waals surface area contributed by atoms with Crippen LogP contribution in [0.1, 0.15) is 74.8 Å². The Bertz CT molecular complexity index is 899. The van der Waals surface area contributed by atoms with E-state index in [9.17, 15) is 14.4 Å². The number of rotatable bonds is 6. The number of carbonyl (C=O) groups is 3. The zero-order valence-electron chi connectivity index (χ0n) is 18.1. The van der Waals surface area contributed by atoms with E-state index in [1.165, 1.54) is 18.9 Å². The van der Waals surface area contributed by atoms with Gasteiger partial charge in [-0.1, -0.05) is 6.92 Å². The molecule has 158 valence electrons. The zero-order chi connectivity index (χ0) is 21.9. The molecule has 0 amide bonds. The van der Waals surface area contributed by atoms with Crippen molar-refractivity contribution >= 4 is 34.9 Å². The fourth-order valence-corrected chi connectivity index (χ4v) is 4.23. The molecule has 1 N–H and O–H groups in total. The van der Waals surface area contributed by atoms with E-state index in [2.05, 4.69) is 4.98 Å². The monoisotopic (exact) mass is 419 g/mol. The molecule has 0 atom stereocenters. The third-order valence-corrected chi connectivity index (χ3v) is 5.80. The van der Waals surface area contributed by atoms with Crippen LogP contribution >= 0.6 is 11.8 Å². The van der Waals surface area contributed by atoms with Gasteiger partial charge in [0.2, 0.25) is 5.12 Å². The minimum atomic E-state index is -0.641. The van der Waals surface area contributed by atoms with Crippen LogP contribution in [0.3, 0.4) is 0 Å². The topological polar surface area (TPSA) is 85.5 Å². The summed E-state index contributed by atoms with van der Waals surface area (Å²) < 4.78 is 10.3. The Labute approximate surface area is 176 Å². The Morgan fingerprint density at radius 2 is 1.86 bits per heavy atom. The minimum absolute atomic E-state index is 0.0683. The fourth-order valence-electron chi connectivity index (χ4n) is 3.16. The van der Waals surface area contributed by atoms with Crippen LogP contribution in [0.5, 0.6) is 0 Å². The summed E-state index contributed by atoms with van der Waals surface area (Å²) >= 11 is 1.20. The summed E-state index contributed by atoms with van der Waals surface area (Å²) in [5.74, 6) is -0.814. The number of nitrogens with one attached hydrogen (secondary N) is 1. The molecule has 0 saturated carbocycles. The molecule has 7 heteroatoms. The predicted molar refractivity (Wildman–Crippen MR) is 115 cm³/mol. The van der Waals surface area contributed by atoms with Crippen molar-refractivity contribution in [2.45, 2.75) is 66.4 Å². The molecule has 1 aromatic rings. The Morgan fingerprint density at radius 3 is 2.38 bits per heavy atom. The number of aromatic nitrogens is 1. The first-order valence-corrected chi connectivity index (χ1v) is 10.5. The van der Waals surface area contributed by atoms with Gasteiger partial charge in [-0.15, -0.1) is 0 Å². The van der Waals surface area contributed by atoms with Crippen molar-refractivity contribution < 1.29 is 23.9 Å². The van der Waals surface area contributed by atoms with Crippen LogP contribution in [-0.2, 0) is 25.5 Å². The van der Waals surface area contributed by atoms with Gasteiger partial charge < -0.3 is 14.5 Å². The third kappa shape index (κ3) is 5.41. The first kappa shape index (κ1) is 23.0. The number of carbonyl (C=O) groups excluding carboxylic acids is 3. The number of hydrogen-bond donors (Lipinski definition) is 1. The molecular formula is C22H29NO5S. The van der Waals surface area contributed by atoms with Gasteiger partial charge in [0.1, 0.15) is 11.3 Å². The molecule has 0 bridgehead atoms. The van der Waals surface area contributed by atoms with Crippen molar-refractivity contribution in [3.63, 3.8) is 0 Å². The summed E-state index contributed by atoms with van der Waals surface area (Å²) in [6.07, 6.45) is 3.10. The number of ether oxygens (including phenoxy) is 2. The van der Waals surface area contributed by atoms with E-state index >= 15 is 0 Å². The Balaban J connectivity index is 2.48. The van der Waals surface area contributed by atoms with E-state index in [1.807, 2.05) is 26.8 Å². The molecule has 0 spiro atoms. The molecule has 0 saturated heterocycles. The second kappa shape index (κ2) is 9.03. The Hall–Kier alpha value is -2.28. The molecule has 0 unspecified atom stereocenters. The maximum Gasteiger partial charge on any atom is 0.355 e. The lowest BCUT2D eigenvalue weighted by atomic mass is 10.0. The van der Waals surface area contributed by atoms with E-state index in [1.54, 1.807) is 20.8 Å². The molecule has 1 aliphatic rings. The average Bonchev–Trinajstić information content (AvgIpc) is 3.08. The van der Waals surface area contributed by atoms with Crippen molar-refractivity contribution in [3.8, 4) is 0 Å². The largest absolute Gasteiger partial charge is 0.469 e. The number of thioether (sulfide) groups is 1. The lowest BCUT2D eigenvalue weighted by Gasteiger charge is -2.19. The van der Waals surface area contributed by atoms with E-state index in [0.717, 1.165) is 32.9 Å². The molecule has 0 aromatic carbocycles. The van der Waals surface area contributed by atoms with Crippen LogP contribution in [0, 0.1) is 6.92 Å². The second-order valence-corrected chi connectivity index (χ2v) is 8.97. The first-order chi connectivity index (χ1) is 13.5. The highest BCUT2D eigenvalue weighted by Gasteiger charge is 2.27. The summed E-state index contributed by atoms with van der Waals surface area (Å²) in [4.78, 5) is 40.6. The number of methoxy groups -OCH3 is 1. The van der Waals surface area contributed by atoms with Crippen molar-refractivity contribution in [2.24, 2.45) is 0 Å². The smallest absolute Gasteiger partial charge is 0.355 e. The highest BCUT2D eigenvalue weighted by molar-refractivity contribution is 8.18. The van der Waals surface area contributed by atoms with Gasteiger partial charge in [-0.05, 0) is 82.0 Å². The maximum atomic E-state index is 12.8. The van der Waals surface area contributed by atoms with E-state index in [4.69, 9.17) is 9.47 Å². The molecule has 1 aromatic heterocycles. The van der Waals surface area contributed by atoms with Crippen molar-refractivity contribution in [2.75, 3.05) is 7.11 Å². The SMILES string of the molecule is CCC1=C(C)/C(=C/c2[nH]c(C(=O)OC(C)(C)C)c(CCC(=O)OC)c2C)SC1=O. The average molecular weight is 420 g/mol. The normalized spacial score (nSPS) is 16.0. The molecule has 0 aliphatic carbocycles. The third-order valence-electron chi connectivity index (χ3n) is 4.73. The quantitative estimate of drug-likeness (QED) is 0.671. The van der Waals surface area contributed by atoms with Gasteiger partial charge >= 0.3 is 11.9 Å². The zero-order valence-corrected chi connectivity index (χ0v) is 19.0. The molecule has 29 heavy (non-hydrogen) atoms. The number of H-pyrrole nitrogens is 1. The van der Waals surface area contributed by atoms with Crippen LogP contribution in [0.15, 0.2) is 16.1 Å². The van der Waals surface area contributed by atoms with Gasteiger partial charge in [-0.2, -0.15) is 0 Å². The van der Waals surface area contributed by atoms with Gasteiger partial charge in [0, 0.05) is 22.6 Å².